The maximum Gasteiger partial charge on any atom is 0.247 e. The molecule has 0 saturated heterocycles. The molecule has 1 aromatic carbocycles. The van der Waals surface area contributed by atoms with Gasteiger partial charge < -0.3 is 9.15 Å². The van der Waals surface area contributed by atoms with Crippen molar-refractivity contribution in [3.8, 4) is 23.3 Å². The van der Waals surface area contributed by atoms with Crippen LogP contribution in [0.15, 0.2) is 28.7 Å². The van der Waals surface area contributed by atoms with Crippen molar-refractivity contribution in [2.24, 2.45) is 0 Å². The van der Waals surface area contributed by atoms with Crippen molar-refractivity contribution in [1.29, 1.82) is 5.26 Å². The summed E-state index contributed by atoms with van der Waals surface area (Å²) in [5.74, 6) is 1.80. The SMILES string of the molecule is CCCc1nnc(-c2ccc(OCC#N)cc2)o1. The van der Waals surface area contributed by atoms with E-state index in [9.17, 15) is 0 Å². The molecular weight excluding hydrogens is 230 g/mol. The van der Waals surface area contributed by atoms with Gasteiger partial charge in [-0.05, 0) is 30.7 Å². The lowest BCUT2D eigenvalue weighted by atomic mass is 10.2. The molecule has 0 unspecified atom stereocenters. The summed E-state index contributed by atoms with van der Waals surface area (Å²) >= 11 is 0. The van der Waals surface area contributed by atoms with Gasteiger partial charge in [0.05, 0.1) is 0 Å². The predicted octanol–water partition coefficient (Wildman–Crippen LogP) is 2.59. The van der Waals surface area contributed by atoms with E-state index in [1.54, 1.807) is 12.1 Å². The molecule has 0 amide bonds. The molecule has 0 radical (unpaired) electrons. The Balaban J connectivity index is 2.10. The highest BCUT2D eigenvalue weighted by atomic mass is 16.5. The average Bonchev–Trinajstić information content (AvgIpc) is 2.86. The summed E-state index contributed by atoms with van der Waals surface area (Å²) in [6.45, 7) is 2.10. The molecule has 0 aliphatic rings. The Hall–Kier alpha value is -2.35. The summed E-state index contributed by atoms with van der Waals surface area (Å²) < 4.78 is 10.7. The zero-order valence-corrected chi connectivity index (χ0v) is 10.1. The predicted molar refractivity (Wildman–Crippen MR) is 64.8 cm³/mol. The fourth-order valence-corrected chi connectivity index (χ4v) is 1.49. The first-order valence-corrected chi connectivity index (χ1v) is 5.76. The number of aryl methyl sites for hydroxylation is 1. The monoisotopic (exact) mass is 243 g/mol. The van der Waals surface area contributed by atoms with Crippen molar-refractivity contribution in [2.45, 2.75) is 19.8 Å². The van der Waals surface area contributed by atoms with Gasteiger partial charge in [-0.25, -0.2) is 0 Å². The molecule has 0 spiro atoms. The lowest BCUT2D eigenvalue weighted by Gasteiger charge is -2.01. The lowest BCUT2D eigenvalue weighted by Crippen LogP contribution is -1.92. The Morgan fingerprint density at radius 3 is 2.72 bits per heavy atom. The second-order valence-electron chi connectivity index (χ2n) is 3.72. The first-order valence-electron chi connectivity index (χ1n) is 5.76. The average molecular weight is 243 g/mol. The molecular formula is C13H13N3O2. The van der Waals surface area contributed by atoms with Crippen LogP contribution in [0.3, 0.4) is 0 Å². The second kappa shape index (κ2) is 5.82. The molecule has 92 valence electrons. The number of hydrogen-bond donors (Lipinski definition) is 0. The number of ether oxygens (including phenoxy) is 1. The van der Waals surface area contributed by atoms with Crippen molar-refractivity contribution in [1.82, 2.24) is 10.2 Å². The molecule has 0 aliphatic carbocycles. The fraction of sp³-hybridized carbons (Fsp3) is 0.308. The maximum absolute atomic E-state index is 8.41. The molecule has 5 heteroatoms. The van der Waals surface area contributed by atoms with E-state index in [1.165, 1.54) is 0 Å². The van der Waals surface area contributed by atoms with Gasteiger partial charge in [-0.3, -0.25) is 0 Å². The van der Waals surface area contributed by atoms with Gasteiger partial charge in [0.15, 0.2) is 6.61 Å². The van der Waals surface area contributed by atoms with Crippen LogP contribution in [0.2, 0.25) is 0 Å². The second-order valence-corrected chi connectivity index (χ2v) is 3.72. The van der Waals surface area contributed by atoms with Crippen LogP contribution in [0.25, 0.3) is 11.5 Å². The molecule has 2 aromatic rings. The van der Waals surface area contributed by atoms with Crippen LogP contribution in [0, 0.1) is 11.3 Å². The van der Waals surface area contributed by atoms with Gasteiger partial charge in [-0.2, -0.15) is 5.26 Å². The maximum atomic E-state index is 8.41. The number of benzene rings is 1. The van der Waals surface area contributed by atoms with E-state index in [-0.39, 0.29) is 6.61 Å². The lowest BCUT2D eigenvalue weighted by molar-refractivity contribution is 0.368. The zero-order chi connectivity index (χ0) is 12.8. The minimum Gasteiger partial charge on any atom is -0.479 e. The van der Waals surface area contributed by atoms with Crippen LogP contribution < -0.4 is 4.74 Å². The van der Waals surface area contributed by atoms with E-state index in [0.29, 0.717) is 17.5 Å². The highest BCUT2D eigenvalue weighted by Crippen LogP contribution is 2.21. The van der Waals surface area contributed by atoms with Crippen molar-refractivity contribution in [3.63, 3.8) is 0 Å². The third-order valence-corrected chi connectivity index (χ3v) is 2.34. The Morgan fingerprint density at radius 1 is 1.28 bits per heavy atom. The van der Waals surface area contributed by atoms with E-state index < -0.39 is 0 Å². The van der Waals surface area contributed by atoms with Gasteiger partial charge in [-0.1, -0.05) is 6.92 Å². The third-order valence-electron chi connectivity index (χ3n) is 2.34. The Kier molecular flexibility index (Phi) is 3.92. The molecule has 0 saturated carbocycles. The van der Waals surface area contributed by atoms with Gasteiger partial charge in [-0.15, -0.1) is 10.2 Å². The van der Waals surface area contributed by atoms with Crippen LogP contribution in [-0.2, 0) is 6.42 Å². The van der Waals surface area contributed by atoms with E-state index >= 15 is 0 Å². The molecule has 1 heterocycles. The molecule has 1 aromatic heterocycles. The van der Waals surface area contributed by atoms with Crippen LogP contribution >= 0.6 is 0 Å². The van der Waals surface area contributed by atoms with E-state index in [2.05, 4.69) is 17.1 Å². The Morgan fingerprint density at radius 2 is 2.06 bits per heavy atom. The summed E-state index contributed by atoms with van der Waals surface area (Å²) in [5, 5.41) is 16.4. The summed E-state index contributed by atoms with van der Waals surface area (Å²) in [6, 6.07) is 9.12. The van der Waals surface area contributed by atoms with Crippen LogP contribution in [0.4, 0.5) is 0 Å². The molecule has 2 rings (SSSR count). The summed E-state index contributed by atoms with van der Waals surface area (Å²) in [6.07, 6.45) is 1.76. The molecule has 5 nitrogen and oxygen atoms in total. The molecule has 0 N–H and O–H groups in total. The van der Waals surface area contributed by atoms with Gasteiger partial charge in [0.1, 0.15) is 11.8 Å². The third kappa shape index (κ3) is 2.86. The Bertz CT molecular complexity index is 540. The molecule has 0 aliphatic heterocycles. The number of rotatable bonds is 5. The standard InChI is InChI=1S/C13H13N3O2/c1-2-3-12-15-16-13(18-12)10-4-6-11(7-5-10)17-9-8-14/h4-7H,2-3,9H2,1H3. The van der Waals surface area contributed by atoms with E-state index in [4.69, 9.17) is 14.4 Å². The highest BCUT2D eigenvalue weighted by molar-refractivity contribution is 5.53. The van der Waals surface area contributed by atoms with E-state index in [1.807, 2.05) is 18.2 Å². The quantitative estimate of drug-likeness (QED) is 0.807. The zero-order valence-electron chi connectivity index (χ0n) is 10.1. The normalized spacial score (nSPS) is 10.0. The minimum atomic E-state index is 0.0422. The van der Waals surface area contributed by atoms with Crippen molar-refractivity contribution < 1.29 is 9.15 Å². The fourth-order valence-electron chi connectivity index (χ4n) is 1.49. The molecule has 0 bridgehead atoms. The topological polar surface area (TPSA) is 71.9 Å². The van der Waals surface area contributed by atoms with Crippen LogP contribution in [0.1, 0.15) is 19.2 Å². The minimum absolute atomic E-state index is 0.0422. The number of aromatic nitrogens is 2. The summed E-state index contributed by atoms with van der Waals surface area (Å²) in [4.78, 5) is 0. The first-order chi connectivity index (χ1) is 8.83. The summed E-state index contributed by atoms with van der Waals surface area (Å²) in [5.41, 5.74) is 0.842. The number of hydrogen-bond acceptors (Lipinski definition) is 5. The molecule has 0 fully saturated rings. The van der Waals surface area contributed by atoms with Crippen LogP contribution in [0.5, 0.6) is 5.75 Å². The summed E-state index contributed by atoms with van der Waals surface area (Å²) in [7, 11) is 0. The van der Waals surface area contributed by atoms with Crippen molar-refractivity contribution in [2.75, 3.05) is 6.61 Å². The van der Waals surface area contributed by atoms with E-state index in [0.717, 1.165) is 18.4 Å². The van der Waals surface area contributed by atoms with Crippen molar-refractivity contribution in [3.05, 3.63) is 30.2 Å². The van der Waals surface area contributed by atoms with Crippen LogP contribution in [-0.4, -0.2) is 16.8 Å². The van der Waals surface area contributed by atoms with Gasteiger partial charge in [0.25, 0.3) is 0 Å². The first kappa shape index (κ1) is 12.1. The van der Waals surface area contributed by atoms with Gasteiger partial charge >= 0.3 is 0 Å². The smallest absolute Gasteiger partial charge is 0.247 e. The molecule has 0 atom stereocenters. The number of nitrogens with zero attached hydrogens (tertiary/aromatic N) is 3. The van der Waals surface area contributed by atoms with Crippen molar-refractivity contribution >= 4 is 0 Å². The highest BCUT2D eigenvalue weighted by Gasteiger charge is 2.07. The van der Waals surface area contributed by atoms with Gasteiger partial charge in [0, 0.05) is 12.0 Å². The van der Waals surface area contributed by atoms with Gasteiger partial charge in [0.2, 0.25) is 11.8 Å². The largest absolute Gasteiger partial charge is 0.479 e. The number of nitriles is 1. The molecule has 18 heavy (non-hydrogen) atoms. The Labute approximate surface area is 105 Å².